The lowest BCUT2D eigenvalue weighted by Gasteiger charge is -2.34. The highest BCUT2D eigenvalue weighted by atomic mass is 35.5. The fourth-order valence-corrected chi connectivity index (χ4v) is 4.66. The van der Waals surface area contributed by atoms with Gasteiger partial charge in [0.15, 0.2) is 11.1 Å². The maximum absolute atomic E-state index is 12.9. The molecule has 4 aromatic rings. The zero-order chi connectivity index (χ0) is 26.3. The summed E-state index contributed by atoms with van der Waals surface area (Å²) in [5, 5.41) is 4.07. The summed E-state index contributed by atoms with van der Waals surface area (Å²) < 4.78 is 11.4. The van der Waals surface area contributed by atoms with Crippen molar-refractivity contribution >= 4 is 51.3 Å². The molecule has 37 heavy (non-hydrogen) atoms. The third-order valence-electron chi connectivity index (χ3n) is 6.21. The van der Waals surface area contributed by atoms with E-state index in [1.165, 1.54) is 0 Å². The van der Waals surface area contributed by atoms with Crippen molar-refractivity contribution in [3.05, 3.63) is 57.8 Å². The molecule has 1 aromatic carbocycles. The van der Waals surface area contributed by atoms with Crippen LogP contribution in [0.2, 0.25) is 5.02 Å². The standard InChI is InChI=1S/C27H28ClN5O4/c1-27(2,3)37-26(35)33-11-9-15(10-12-33)31-16-7-8-19(30-14-16)17-13-21-23(32-25(17)29)24(34)22-18(28)5-4-6-20(22)36-21/h4-8,13-15,31H,9-12H2,1-3H3,(H2,29,32). The SMILES string of the molecule is CC(C)(C)OC(=O)N1CCC(Nc2ccc(-c3cc4oc5cccc(Cl)c5c(=O)c4nc3N)nc2)CC1. The number of likely N-dealkylation sites (tertiary alicyclic amines) is 1. The Balaban J connectivity index is 1.31. The predicted octanol–water partition coefficient (Wildman–Crippen LogP) is 5.45. The molecule has 1 fully saturated rings. The number of nitrogens with one attached hydrogen (secondary N) is 1. The minimum atomic E-state index is -0.504. The summed E-state index contributed by atoms with van der Waals surface area (Å²) in [5.74, 6) is 0.175. The van der Waals surface area contributed by atoms with Gasteiger partial charge in [-0.1, -0.05) is 17.7 Å². The lowest BCUT2D eigenvalue weighted by molar-refractivity contribution is 0.0210. The van der Waals surface area contributed by atoms with E-state index in [2.05, 4.69) is 15.3 Å². The fraction of sp³-hybridized carbons (Fsp3) is 0.333. The molecule has 1 aliphatic rings. The molecule has 0 bridgehead atoms. The second-order valence-electron chi connectivity index (χ2n) is 10.1. The Morgan fingerprint density at radius 2 is 1.95 bits per heavy atom. The lowest BCUT2D eigenvalue weighted by Crippen LogP contribution is -2.44. The summed E-state index contributed by atoms with van der Waals surface area (Å²) in [6.45, 7) is 6.85. The van der Waals surface area contributed by atoms with Gasteiger partial charge < -0.3 is 25.1 Å². The molecule has 0 spiro atoms. The minimum absolute atomic E-state index is 0.123. The summed E-state index contributed by atoms with van der Waals surface area (Å²) in [5.41, 5.74) is 8.22. The predicted molar refractivity (Wildman–Crippen MR) is 145 cm³/mol. The zero-order valence-electron chi connectivity index (χ0n) is 20.9. The average molecular weight is 522 g/mol. The molecule has 192 valence electrons. The van der Waals surface area contributed by atoms with E-state index < -0.39 is 5.60 Å². The highest BCUT2D eigenvalue weighted by Crippen LogP contribution is 2.30. The fourth-order valence-electron chi connectivity index (χ4n) is 4.41. The number of pyridine rings is 2. The molecule has 1 saturated heterocycles. The molecule has 9 nitrogen and oxygen atoms in total. The Morgan fingerprint density at radius 1 is 1.19 bits per heavy atom. The van der Waals surface area contributed by atoms with Crippen LogP contribution in [0.4, 0.5) is 16.3 Å². The van der Waals surface area contributed by atoms with Gasteiger partial charge in [-0.2, -0.15) is 0 Å². The largest absolute Gasteiger partial charge is 0.454 e. The molecule has 0 unspecified atom stereocenters. The monoisotopic (exact) mass is 521 g/mol. The number of hydrogen-bond acceptors (Lipinski definition) is 8. The first-order valence-electron chi connectivity index (χ1n) is 12.1. The molecule has 0 saturated carbocycles. The molecular weight excluding hydrogens is 494 g/mol. The number of rotatable bonds is 3. The summed E-state index contributed by atoms with van der Waals surface area (Å²) in [7, 11) is 0. The van der Waals surface area contributed by atoms with Gasteiger partial charge in [-0.3, -0.25) is 9.78 Å². The number of aromatic nitrogens is 2. The Hall–Kier alpha value is -3.85. The number of carbonyl (C=O) groups is 1. The van der Waals surface area contributed by atoms with Crippen molar-refractivity contribution in [2.24, 2.45) is 0 Å². The number of nitrogens with zero attached hydrogens (tertiary/aromatic N) is 3. The van der Waals surface area contributed by atoms with Gasteiger partial charge in [-0.15, -0.1) is 0 Å². The van der Waals surface area contributed by atoms with Crippen LogP contribution in [0.15, 0.2) is 51.8 Å². The van der Waals surface area contributed by atoms with Crippen LogP contribution in [0.25, 0.3) is 33.3 Å². The summed E-state index contributed by atoms with van der Waals surface area (Å²) in [4.78, 5) is 35.9. The number of nitrogen functional groups attached to an aromatic ring is 1. The van der Waals surface area contributed by atoms with Crippen LogP contribution in [-0.4, -0.2) is 45.7 Å². The third-order valence-corrected chi connectivity index (χ3v) is 6.53. The van der Waals surface area contributed by atoms with Gasteiger partial charge in [-0.05, 0) is 63.9 Å². The van der Waals surface area contributed by atoms with E-state index in [9.17, 15) is 9.59 Å². The molecule has 0 radical (unpaired) electrons. The number of hydrogen-bond donors (Lipinski definition) is 2. The van der Waals surface area contributed by atoms with E-state index >= 15 is 0 Å². The van der Waals surface area contributed by atoms with Crippen LogP contribution < -0.4 is 16.5 Å². The van der Waals surface area contributed by atoms with Gasteiger partial charge in [0, 0.05) is 24.7 Å². The molecule has 3 N–H and O–H groups in total. The number of fused-ring (bicyclic) bond motifs is 2. The molecule has 5 rings (SSSR count). The summed E-state index contributed by atoms with van der Waals surface area (Å²) >= 11 is 6.20. The van der Waals surface area contributed by atoms with E-state index in [1.54, 1.807) is 35.4 Å². The van der Waals surface area contributed by atoms with Crippen molar-refractivity contribution in [1.82, 2.24) is 14.9 Å². The Labute approximate surface area is 218 Å². The quantitative estimate of drug-likeness (QED) is 0.341. The second kappa shape index (κ2) is 9.55. The number of benzene rings is 1. The normalized spacial score (nSPS) is 14.8. The van der Waals surface area contributed by atoms with Gasteiger partial charge in [-0.25, -0.2) is 9.78 Å². The van der Waals surface area contributed by atoms with Crippen LogP contribution in [0.1, 0.15) is 33.6 Å². The van der Waals surface area contributed by atoms with E-state index in [4.69, 9.17) is 26.5 Å². The highest BCUT2D eigenvalue weighted by Gasteiger charge is 2.27. The van der Waals surface area contributed by atoms with Crippen molar-refractivity contribution in [1.29, 1.82) is 0 Å². The molecule has 4 heterocycles. The Morgan fingerprint density at radius 3 is 2.62 bits per heavy atom. The van der Waals surface area contributed by atoms with Crippen molar-refractivity contribution in [3.63, 3.8) is 0 Å². The van der Waals surface area contributed by atoms with Crippen molar-refractivity contribution < 1.29 is 13.9 Å². The zero-order valence-corrected chi connectivity index (χ0v) is 21.6. The number of carbonyl (C=O) groups excluding carboxylic acids is 1. The molecule has 1 aliphatic heterocycles. The van der Waals surface area contributed by atoms with Crippen molar-refractivity contribution in [2.75, 3.05) is 24.1 Å². The van der Waals surface area contributed by atoms with E-state index in [-0.39, 0.29) is 34.3 Å². The maximum Gasteiger partial charge on any atom is 0.410 e. The lowest BCUT2D eigenvalue weighted by atomic mass is 10.0. The van der Waals surface area contributed by atoms with Crippen LogP contribution in [0.3, 0.4) is 0 Å². The molecule has 1 amide bonds. The first-order chi connectivity index (χ1) is 17.6. The summed E-state index contributed by atoms with van der Waals surface area (Å²) in [6.07, 6.45) is 3.07. The van der Waals surface area contributed by atoms with Gasteiger partial charge >= 0.3 is 6.09 Å². The van der Waals surface area contributed by atoms with Crippen LogP contribution >= 0.6 is 11.6 Å². The van der Waals surface area contributed by atoms with E-state index in [0.29, 0.717) is 40.5 Å². The number of anilines is 2. The number of piperidine rings is 1. The smallest absolute Gasteiger partial charge is 0.410 e. The summed E-state index contributed by atoms with van der Waals surface area (Å²) in [6, 6.07) is 10.7. The van der Waals surface area contributed by atoms with Gasteiger partial charge in [0.1, 0.15) is 17.0 Å². The van der Waals surface area contributed by atoms with Crippen LogP contribution in [0, 0.1) is 0 Å². The number of amides is 1. The maximum atomic E-state index is 12.9. The van der Waals surface area contributed by atoms with Crippen molar-refractivity contribution in [2.45, 2.75) is 45.3 Å². The highest BCUT2D eigenvalue weighted by molar-refractivity contribution is 6.35. The number of halogens is 1. The Kier molecular flexibility index (Phi) is 6.41. The van der Waals surface area contributed by atoms with Crippen LogP contribution in [0.5, 0.6) is 0 Å². The number of nitrogens with two attached hydrogens (primary N) is 1. The topological polar surface area (TPSA) is 124 Å². The van der Waals surface area contributed by atoms with E-state index in [1.807, 2.05) is 32.9 Å². The number of ether oxygens (including phenoxy) is 1. The second-order valence-corrected chi connectivity index (χ2v) is 10.5. The first kappa shape index (κ1) is 24.8. The van der Waals surface area contributed by atoms with Gasteiger partial charge in [0.2, 0.25) is 5.43 Å². The molecule has 3 aromatic heterocycles. The molecule has 0 atom stereocenters. The molecule has 10 heteroatoms. The van der Waals surface area contributed by atoms with Crippen LogP contribution in [-0.2, 0) is 4.74 Å². The first-order valence-corrected chi connectivity index (χ1v) is 12.5. The van der Waals surface area contributed by atoms with E-state index in [0.717, 1.165) is 18.5 Å². The van der Waals surface area contributed by atoms with Crippen molar-refractivity contribution in [3.8, 4) is 11.3 Å². The third kappa shape index (κ3) is 5.17. The average Bonchev–Trinajstić information content (AvgIpc) is 2.84. The molecular formula is C27H28ClN5O4. The Bertz CT molecular complexity index is 1540. The molecule has 0 aliphatic carbocycles. The minimum Gasteiger partial charge on any atom is -0.454 e. The van der Waals surface area contributed by atoms with Gasteiger partial charge in [0.25, 0.3) is 0 Å². The van der Waals surface area contributed by atoms with Gasteiger partial charge in [0.05, 0.1) is 28.0 Å².